The number of thiazole rings is 1. The van der Waals surface area contributed by atoms with Crippen LogP contribution in [0.15, 0.2) is 41.3 Å². The van der Waals surface area contributed by atoms with Gasteiger partial charge in [-0.25, -0.2) is 9.37 Å². The number of thioether (sulfide) groups is 1. The Morgan fingerprint density at radius 3 is 2.54 bits per heavy atom. The highest BCUT2D eigenvalue weighted by Gasteiger charge is 2.23. The Balaban J connectivity index is 1.34. The molecule has 4 nitrogen and oxygen atoms in total. The zero-order valence-electron chi connectivity index (χ0n) is 15.9. The van der Waals surface area contributed by atoms with Crippen molar-refractivity contribution in [2.75, 3.05) is 36.8 Å². The highest BCUT2D eigenvalue weighted by atomic mass is 32.2. The molecule has 0 aliphatic carbocycles. The maximum atomic E-state index is 13.0. The number of nitrogens with zero attached hydrogens (tertiary/aromatic N) is 3. The molecule has 7 heteroatoms. The number of fused-ring (bicyclic) bond motifs is 1. The molecule has 146 valence electrons. The molecule has 28 heavy (non-hydrogen) atoms. The van der Waals surface area contributed by atoms with E-state index in [0.717, 1.165) is 28.6 Å². The number of carbonyl (C=O) groups is 1. The van der Waals surface area contributed by atoms with Gasteiger partial charge in [0.15, 0.2) is 5.13 Å². The summed E-state index contributed by atoms with van der Waals surface area (Å²) in [4.78, 5) is 22.5. The summed E-state index contributed by atoms with van der Waals surface area (Å²) in [5.41, 5.74) is 3.60. The smallest absolute Gasteiger partial charge is 0.233 e. The Morgan fingerprint density at radius 2 is 1.82 bits per heavy atom. The fourth-order valence-electron chi connectivity index (χ4n) is 3.26. The summed E-state index contributed by atoms with van der Waals surface area (Å²) in [6.45, 7) is 7.24. The average Bonchev–Trinajstić information content (AvgIpc) is 3.15. The first-order valence-corrected chi connectivity index (χ1v) is 11.1. The van der Waals surface area contributed by atoms with Crippen LogP contribution in [0.1, 0.15) is 11.1 Å². The molecule has 0 N–H and O–H groups in total. The number of carbonyl (C=O) groups excluding carboxylic acids is 1. The third-order valence-electron chi connectivity index (χ3n) is 5.15. The quantitative estimate of drug-likeness (QED) is 0.588. The molecule has 0 atom stereocenters. The first-order valence-electron chi connectivity index (χ1n) is 9.29. The molecular weight excluding hydrogens is 393 g/mol. The molecule has 1 aliphatic heterocycles. The van der Waals surface area contributed by atoms with E-state index in [2.05, 4.69) is 30.9 Å². The van der Waals surface area contributed by atoms with E-state index in [-0.39, 0.29) is 11.7 Å². The predicted molar refractivity (Wildman–Crippen MR) is 115 cm³/mol. The van der Waals surface area contributed by atoms with Crippen molar-refractivity contribution in [1.82, 2.24) is 9.88 Å². The van der Waals surface area contributed by atoms with Crippen LogP contribution in [-0.2, 0) is 4.79 Å². The molecule has 2 aromatic carbocycles. The van der Waals surface area contributed by atoms with Crippen LogP contribution >= 0.6 is 23.1 Å². The second-order valence-electron chi connectivity index (χ2n) is 6.96. The number of piperazine rings is 1. The van der Waals surface area contributed by atoms with Gasteiger partial charge in [0.1, 0.15) is 5.82 Å². The van der Waals surface area contributed by atoms with Gasteiger partial charge in [-0.05, 0) is 55.3 Å². The van der Waals surface area contributed by atoms with Crippen molar-refractivity contribution in [3.05, 3.63) is 53.3 Å². The molecule has 4 rings (SSSR count). The molecule has 0 spiro atoms. The average molecular weight is 416 g/mol. The van der Waals surface area contributed by atoms with Gasteiger partial charge in [0, 0.05) is 31.1 Å². The topological polar surface area (TPSA) is 36.4 Å². The van der Waals surface area contributed by atoms with Gasteiger partial charge in [-0.3, -0.25) is 4.79 Å². The lowest BCUT2D eigenvalue weighted by atomic mass is 10.1. The van der Waals surface area contributed by atoms with Crippen molar-refractivity contribution in [3.8, 4) is 0 Å². The highest BCUT2D eigenvalue weighted by Crippen LogP contribution is 2.32. The molecule has 3 aromatic rings. The third-order valence-corrected chi connectivity index (χ3v) is 7.23. The Bertz CT molecular complexity index is 995. The molecule has 0 radical (unpaired) electrons. The number of aromatic nitrogens is 1. The van der Waals surface area contributed by atoms with Crippen molar-refractivity contribution in [2.45, 2.75) is 18.7 Å². The second kappa shape index (κ2) is 8.09. The number of anilines is 1. The number of benzene rings is 2. The van der Waals surface area contributed by atoms with Crippen molar-refractivity contribution < 1.29 is 9.18 Å². The monoisotopic (exact) mass is 415 g/mol. The molecule has 1 amide bonds. The van der Waals surface area contributed by atoms with E-state index in [1.807, 2.05) is 4.90 Å². The Hall–Kier alpha value is -2.12. The van der Waals surface area contributed by atoms with Crippen LogP contribution in [0.3, 0.4) is 0 Å². The maximum Gasteiger partial charge on any atom is 0.233 e. The number of hydrogen-bond acceptors (Lipinski definition) is 5. The highest BCUT2D eigenvalue weighted by molar-refractivity contribution is 8.00. The fourth-order valence-corrected chi connectivity index (χ4v) is 5.14. The molecule has 2 heterocycles. The van der Waals surface area contributed by atoms with E-state index >= 15 is 0 Å². The first kappa shape index (κ1) is 19.2. The maximum absolute atomic E-state index is 13.0. The minimum Gasteiger partial charge on any atom is -0.345 e. The van der Waals surface area contributed by atoms with E-state index in [1.54, 1.807) is 23.5 Å². The largest absolute Gasteiger partial charge is 0.345 e. The summed E-state index contributed by atoms with van der Waals surface area (Å²) < 4.78 is 14.2. The molecule has 0 unspecified atom stereocenters. The zero-order valence-corrected chi connectivity index (χ0v) is 17.6. The van der Waals surface area contributed by atoms with Crippen LogP contribution in [0.4, 0.5) is 9.52 Å². The van der Waals surface area contributed by atoms with Gasteiger partial charge in [0.05, 0.1) is 16.0 Å². The van der Waals surface area contributed by atoms with Crippen LogP contribution in [-0.4, -0.2) is 47.7 Å². The number of rotatable bonds is 4. The summed E-state index contributed by atoms with van der Waals surface area (Å²) in [7, 11) is 0. The Labute approximate surface area is 172 Å². The second-order valence-corrected chi connectivity index (χ2v) is 9.02. The lowest BCUT2D eigenvalue weighted by Gasteiger charge is -2.34. The zero-order chi connectivity index (χ0) is 19.7. The first-order chi connectivity index (χ1) is 13.5. The summed E-state index contributed by atoms with van der Waals surface area (Å²) >= 11 is 3.17. The lowest BCUT2D eigenvalue weighted by Crippen LogP contribution is -2.49. The molecule has 1 saturated heterocycles. The molecule has 0 saturated carbocycles. The summed E-state index contributed by atoms with van der Waals surface area (Å²) in [5.74, 6) is 0.252. The fraction of sp³-hybridized carbons (Fsp3) is 0.333. The predicted octanol–water partition coefficient (Wildman–Crippen LogP) is 4.49. The molecular formula is C21H22FN3OS2. The van der Waals surface area contributed by atoms with Crippen LogP contribution in [0.25, 0.3) is 10.2 Å². The number of amides is 1. The number of halogens is 1. The van der Waals surface area contributed by atoms with Gasteiger partial charge >= 0.3 is 0 Å². The molecule has 0 bridgehead atoms. The van der Waals surface area contributed by atoms with E-state index in [9.17, 15) is 9.18 Å². The van der Waals surface area contributed by atoms with E-state index < -0.39 is 0 Å². The summed E-state index contributed by atoms with van der Waals surface area (Å²) in [5, 5.41) is 1.04. The van der Waals surface area contributed by atoms with E-state index in [0.29, 0.717) is 18.8 Å². The molecule has 1 fully saturated rings. The minimum absolute atomic E-state index is 0.129. The standard InChI is InChI=1S/C21H22FN3OS2/c1-14-3-8-18-20(15(14)2)23-21(28-18)25-11-9-24(10-12-25)19(26)13-27-17-6-4-16(22)5-7-17/h3-8H,9-13H2,1-2H3. The van der Waals surface area contributed by atoms with E-state index in [4.69, 9.17) is 4.98 Å². The van der Waals surface area contributed by atoms with Gasteiger partial charge in [-0.2, -0.15) is 0 Å². The van der Waals surface area contributed by atoms with Gasteiger partial charge in [-0.1, -0.05) is 17.4 Å². The lowest BCUT2D eigenvalue weighted by molar-refractivity contribution is -0.128. The number of aryl methyl sites for hydroxylation is 2. The van der Waals surface area contributed by atoms with Crippen molar-refractivity contribution in [3.63, 3.8) is 0 Å². The van der Waals surface area contributed by atoms with E-state index in [1.165, 1.54) is 39.7 Å². The van der Waals surface area contributed by atoms with Gasteiger partial charge in [0.25, 0.3) is 0 Å². The van der Waals surface area contributed by atoms with Crippen LogP contribution < -0.4 is 4.90 Å². The summed E-state index contributed by atoms with van der Waals surface area (Å²) in [6.07, 6.45) is 0. The van der Waals surface area contributed by atoms with Gasteiger partial charge < -0.3 is 9.80 Å². The van der Waals surface area contributed by atoms with Crippen molar-refractivity contribution in [1.29, 1.82) is 0 Å². The molecule has 1 aliphatic rings. The Morgan fingerprint density at radius 1 is 1.11 bits per heavy atom. The summed E-state index contributed by atoms with van der Waals surface area (Å²) in [6, 6.07) is 10.6. The number of hydrogen-bond donors (Lipinski definition) is 0. The minimum atomic E-state index is -0.257. The van der Waals surface area contributed by atoms with Gasteiger partial charge in [0.2, 0.25) is 5.91 Å². The normalized spacial score (nSPS) is 14.7. The SMILES string of the molecule is Cc1ccc2sc(N3CCN(C(=O)CSc4ccc(F)cc4)CC3)nc2c1C. The van der Waals surface area contributed by atoms with Crippen LogP contribution in [0, 0.1) is 19.7 Å². The van der Waals surface area contributed by atoms with Crippen LogP contribution in [0.2, 0.25) is 0 Å². The molecule has 1 aromatic heterocycles. The van der Waals surface area contributed by atoms with Crippen molar-refractivity contribution >= 4 is 44.4 Å². The van der Waals surface area contributed by atoms with Crippen molar-refractivity contribution in [2.24, 2.45) is 0 Å². The third kappa shape index (κ3) is 4.00. The Kier molecular flexibility index (Phi) is 5.55. The van der Waals surface area contributed by atoms with Gasteiger partial charge in [-0.15, -0.1) is 11.8 Å². The van der Waals surface area contributed by atoms with Crippen LogP contribution in [0.5, 0.6) is 0 Å².